The molecular weight excluding hydrogens is 348 g/mol. The second-order valence-electron chi connectivity index (χ2n) is 5.83. The third kappa shape index (κ3) is 5.57. The Morgan fingerprint density at radius 1 is 1.04 bits per heavy atom. The van der Waals surface area contributed by atoms with Crippen LogP contribution in [0.4, 0.5) is 5.69 Å². The summed E-state index contributed by atoms with van der Waals surface area (Å²) in [7, 11) is 2.80. The van der Waals surface area contributed by atoms with E-state index >= 15 is 0 Å². The van der Waals surface area contributed by atoms with E-state index in [2.05, 4.69) is 10.6 Å². The van der Waals surface area contributed by atoms with Crippen molar-refractivity contribution in [3.05, 3.63) is 59.7 Å². The van der Waals surface area contributed by atoms with Crippen LogP contribution < -0.4 is 15.4 Å². The fourth-order valence-corrected chi connectivity index (χ4v) is 2.61. The lowest BCUT2D eigenvalue weighted by Gasteiger charge is -2.18. The van der Waals surface area contributed by atoms with Crippen LogP contribution in [-0.4, -0.2) is 38.0 Å². The van der Waals surface area contributed by atoms with Crippen LogP contribution in [0.15, 0.2) is 48.5 Å². The molecule has 27 heavy (non-hydrogen) atoms. The topological polar surface area (TPSA) is 93.7 Å². The molecule has 0 heterocycles. The summed E-state index contributed by atoms with van der Waals surface area (Å²) in [6.45, 7) is 1.38. The summed E-state index contributed by atoms with van der Waals surface area (Å²) in [5.74, 6) is -0.635. The van der Waals surface area contributed by atoms with Gasteiger partial charge >= 0.3 is 5.97 Å². The van der Waals surface area contributed by atoms with Gasteiger partial charge in [0, 0.05) is 24.6 Å². The lowest BCUT2D eigenvalue weighted by Crippen LogP contribution is -2.43. The van der Waals surface area contributed by atoms with Gasteiger partial charge in [-0.05, 0) is 29.8 Å². The second-order valence-corrected chi connectivity index (χ2v) is 5.83. The smallest absolute Gasteiger partial charge is 0.328 e. The number of rotatable bonds is 7. The fourth-order valence-electron chi connectivity index (χ4n) is 2.61. The zero-order chi connectivity index (χ0) is 19.8. The average molecular weight is 370 g/mol. The molecule has 2 rings (SSSR count). The Morgan fingerprint density at radius 3 is 2.44 bits per heavy atom. The van der Waals surface area contributed by atoms with Crippen molar-refractivity contribution in [2.24, 2.45) is 0 Å². The summed E-state index contributed by atoms with van der Waals surface area (Å²) >= 11 is 0. The van der Waals surface area contributed by atoms with Gasteiger partial charge in [-0.2, -0.15) is 0 Å². The highest BCUT2D eigenvalue weighted by Crippen LogP contribution is 2.19. The molecule has 0 spiro atoms. The minimum Gasteiger partial charge on any atom is -0.496 e. The van der Waals surface area contributed by atoms with Crippen molar-refractivity contribution in [3.8, 4) is 5.75 Å². The maximum Gasteiger partial charge on any atom is 0.328 e. The monoisotopic (exact) mass is 370 g/mol. The van der Waals surface area contributed by atoms with Gasteiger partial charge in [-0.25, -0.2) is 4.79 Å². The molecule has 2 aromatic rings. The highest BCUT2D eigenvalue weighted by atomic mass is 16.5. The van der Waals surface area contributed by atoms with Crippen LogP contribution in [0.2, 0.25) is 0 Å². The van der Waals surface area contributed by atoms with Gasteiger partial charge in [0.05, 0.1) is 14.2 Å². The molecule has 2 aromatic carbocycles. The van der Waals surface area contributed by atoms with Gasteiger partial charge in [0.1, 0.15) is 11.8 Å². The molecule has 0 saturated carbocycles. The van der Waals surface area contributed by atoms with Gasteiger partial charge in [-0.15, -0.1) is 0 Å². The third-order valence-electron chi connectivity index (χ3n) is 3.85. The highest BCUT2D eigenvalue weighted by Gasteiger charge is 2.24. The molecule has 2 N–H and O–H groups in total. The highest BCUT2D eigenvalue weighted by molar-refractivity contribution is 5.98. The van der Waals surface area contributed by atoms with Crippen LogP contribution in [0.25, 0.3) is 0 Å². The van der Waals surface area contributed by atoms with Crippen LogP contribution in [-0.2, 0) is 20.7 Å². The first kappa shape index (κ1) is 20.0. The second kappa shape index (κ2) is 9.38. The number of carbonyl (C=O) groups excluding carboxylic acids is 3. The quantitative estimate of drug-likeness (QED) is 0.729. The van der Waals surface area contributed by atoms with E-state index in [1.165, 1.54) is 27.2 Å². The van der Waals surface area contributed by atoms with Crippen molar-refractivity contribution in [1.29, 1.82) is 0 Å². The Kier molecular flexibility index (Phi) is 6.93. The van der Waals surface area contributed by atoms with Crippen LogP contribution in [0.5, 0.6) is 5.75 Å². The van der Waals surface area contributed by atoms with Gasteiger partial charge < -0.3 is 20.1 Å². The normalized spacial score (nSPS) is 11.2. The zero-order valence-corrected chi connectivity index (χ0v) is 15.4. The standard InChI is InChI=1S/C20H22N2O5/c1-13(23)21-16-9-6-8-15(11-16)19(24)22-17(20(25)27-3)12-14-7-4-5-10-18(14)26-2/h4-11,17H,12H2,1-3H3,(H,21,23)(H,22,24)/t17-/m1/s1. The van der Waals surface area contributed by atoms with Gasteiger partial charge in [-0.1, -0.05) is 24.3 Å². The Balaban J connectivity index is 2.19. The Morgan fingerprint density at radius 2 is 1.78 bits per heavy atom. The number of para-hydroxylation sites is 1. The molecular formula is C20H22N2O5. The number of carbonyl (C=O) groups is 3. The first-order valence-corrected chi connectivity index (χ1v) is 8.32. The number of esters is 1. The van der Waals surface area contributed by atoms with Gasteiger partial charge in [0.2, 0.25) is 5.91 Å². The Labute approximate surface area is 157 Å². The molecule has 0 aliphatic heterocycles. The molecule has 7 heteroatoms. The Bertz CT molecular complexity index is 835. The minimum atomic E-state index is -0.886. The summed E-state index contributed by atoms with van der Waals surface area (Å²) in [6.07, 6.45) is 0.216. The molecule has 0 aliphatic rings. The molecule has 142 valence electrons. The van der Waals surface area contributed by atoms with Crippen LogP contribution in [0.1, 0.15) is 22.8 Å². The first-order valence-electron chi connectivity index (χ1n) is 8.32. The number of hydrogen-bond acceptors (Lipinski definition) is 5. The molecule has 0 radical (unpaired) electrons. The lowest BCUT2D eigenvalue weighted by molar-refractivity contribution is -0.142. The molecule has 1 atom stereocenters. The summed E-state index contributed by atoms with van der Waals surface area (Å²) in [5.41, 5.74) is 1.58. The maximum atomic E-state index is 12.6. The van der Waals surface area contributed by atoms with E-state index in [-0.39, 0.29) is 12.3 Å². The van der Waals surface area contributed by atoms with Crippen molar-refractivity contribution in [2.75, 3.05) is 19.5 Å². The molecule has 7 nitrogen and oxygen atoms in total. The fraction of sp³-hybridized carbons (Fsp3) is 0.250. The molecule has 0 aliphatic carbocycles. The van der Waals surface area contributed by atoms with E-state index in [0.717, 1.165) is 5.56 Å². The summed E-state index contributed by atoms with van der Waals surface area (Å²) < 4.78 is 10.1. The van der Waals surface area contributed by atoms with E-state index in [1.54, 1.807) is 24.3 Å². The number of nitrogens with one attached hydrogen (secondary N) is 2. The molecule has 0 bridgehead atoms. The van der Waals surface area contributed by atoms with E-state index in [1.807, 2.05) is 18.2 Å². The van der Waals surface area contributed by atoms with Crippen molar-refractivity contribution in [3.63, 3.8) is 0 Å². The van der Waals surface area contributed by atoms with E-state index in [0.29, 0.717) is 17.0 Å². The number of methoxy groups -OCH3 is 2. The first-order chi connectivity index (χ1) is 12.9. The van der Waals surface area contributed by atoms with Crippen LogP contribution in [0, 0.1) is 0 Å². The van der Waals surface area contributed by atoms with Crippen molar-refractivity contribution in [2.45, 2.75) is 19.4 Å². The van der Waals surface area contributed by atoms with Crippen LogP contribution in [0.3, 0.4) is 0 Å². The van der Waals surface area contributed by atoms with Crippen LogP contribution >= 0.6 is 0 Å². The summed E-state index contributed by atoms with van der Waals surface area (Å²) in [6, 6.07) is 12.8. The van der Waals surface area contributed by atoms with Crippen molar-refractivity contribution >= 4 is 23.5 Å². The number of hydrogen-bond donors (Lipinski definition) is 2. The Hall–Kier alpha value is -3.35. The minimum absolute atomic E-state index is 0.216. The zero-order valence-electron chi connectivity index (χ0n) is 15.4. The SMILES string of the molecule is COC(=O)[C@@H](Cc1ccccc1OC)NC(=O)c1cccc(NC(C)=O)c1. The lowest BCUT2D eigenvalue weighted by atomic mass is 10.0. The number of anilines is 1. The van der Waals surface area contributed by atoms with Gasteiger partial charge in [0.15, 0.2) is 0 Å². The molecule has 0 aromatic heterocycles. The summed E-state index contributed by atoms with van der Waals surface area (Å²) in [5, 5.41) is 5.30. The average Bonchev–Trinajstić information content (AvgIpc) is 2.66. The molecule has 2 amide bonds. The van der Waals surface area contributed by atoms with Crippen molar-refractivity contribution < 1.29 is 23.9 Å². The maximum absolute atomic E-state index is 12.6. The van der Waals surface area contributed by atoms with Gasteiger partial charge in [0.25, 0.3) is 5.91 Å². The van der Waals surface area contributed by atoms with E-state index < -0.39 is 17.9 Å². The van der Waals surface area contributed by atoms with Crippen molar-refractivity contribution in [1.82, 2.24) is 5.32 Å². The number of benzene rings is 2. The number of amides is 2. The predicted molar refractivity (Wildman–Crippen MR) is 101 cm³/mol. The molecule has 0 fully saturated rings. The molecule has 0 saturated heterocycles. The molecule has 0 unspecified atom stereocenters. The summed E-state index contributed by atoms with van der Waals surface area (Å²) in [4.78, 5) is 35.9. The third-order valence-corrected chi connectivity index (χ3v) is 3.85. The van der Waals surface area contributed by atoms with E-state index in [4.69, 9.17) is 9.47 Å². The van der Waals surface area contributed by atoms with Gasteiger partial charge in [-0.3, -0.25) is 9.59 Å². The number of ether oxygens (including phenoxy) is 2. The van der Waals surface area contributed by atoms with E-state index in [9.17, 15) is 14.4 Å². The largest absolute Gasteiger partial charge is 0.496 e. The predicted octanol–water partition coefficient (Wildman–Crippen LogP) is 2.17.